The van der Waals surface area contributed by atoms with Crippen LogP contribution in [0.2, 0.25) is 0 Å². The number of carbonyl (C=O) groups excluding carboxylic acids is 2. The van der Waals surface area contributed by atoms with E-state index in [0.29, 0.717) is 11.9 Å². The van der Waals surface area contributed by atoms with Crippen molar-refractivity contribution in [1.29, 1.82) is 0 Å². The molecule has 13 heteroatoms. The number of halogens is 3. The Bertz CT molecular complexity index is 1060. The average Bonchev–Trinajstić information content (AvgIpc) is 2.64. The van der Waals surface area contributed by atoms with Gasteiger partial charge < -0.3 is 16.0 Å². The lowest BCUT2D eigenvalue weighted by Crippen LogP contribution is -2.30. The van der Waals surface area contributed by atoms with E-state index >= 15 is 0 Å². The third-order valence-corrected chi connectivity index (χ3v) is 4.28. The van der Waals surface area contributed by atoms with Gasteiger partial charge in [-0.3, -0.25) is 14.3 Å². The zero-order chi connectivity index (χ0) is 23.2. The predicted molar refractivity (Wildman–Crippen MR) is 109 cm³/mol. The van der Waals surface area contributed by atoms with E-state index < -0.39 is 27.7 Å². The average molecular weight is 459 g/mol. The standard InChI is InChI=1S/C18H20F3N5O4S/c1-11(27)25-13-4-5-15(26-31(2,29)30)14(9-13)17(28)23-8-7-22-16-6-3-12(10-24-16)18(19,20)21/h3-6,9-10,26H,7-8H2,1-2H3,(H,22,24)(H,23,28)(H,25,27). The summed E-state index contributed by atoms with van der Waals surface area (Å²) in [5.74, 6) is -0.807. The Balaban J connectivity index is 2.02. The van der Waals surface area contributed by atoms with Gasteiger partial charge in [0.2, 0.25) is 15.9 Å². The van der Waals surface area contributed by atoms with E-state index in [-0.39, 0.29) is 36.1 Å². The quantitative estimate of drug-likeness (QED) is 0.448. The fourth-order valence-corrected chi connectivity index (χ4v) is 3.01. The minimum atomic E-state index is -4.48. The first-order valence-electron chi connectivity index (χ1n) is 8.80. The van der Waals surface area contributed by atoms with Crippen LogP contribution in [0.25, 0.3) is 0 Å². The molecule has 0 spiro atoms. The van der Waals surface area contributed by atoms with Gasteiger partial charge in [-0.25, -0.2) is 13.4 Å². The fraction of sp³-hybridized carbons (Fsp3) is 0.278. The SMILES string of the molecule is CC(=O)Nc1ccc(NS(C)(=O)=O)c(C(=O)NCCNc2ccc(C(F)(F)F)cn2)c1. The van der Waals surface area contributed by atoms with Crippen LogP contribution in [0.5, 0.6) is 0 Å². The van der Waals surface area contributed by atoms with Crippen LogP contribution in [0, 0.1) is 0 Å². The van der Waals surface area contributed by atoms with E-state index in [4.69, 9.17) is 0 Å². The lowest BCUT2D eigenvalue weighted by atomic mass is 10.1. The molecule has 0 saturated heterocycles. The molecule has 9 nitrogen and oxygen atoms in total. The molecule has 0 aliphatic rings. The highest BCUT2D eigenvalue weighted by atomic mass is 32.2. The fourth-order valence-electron chi connectivity index (χ4n) is 2.43. The molecule has 2 rings (SSSR count). The zero-order valence-corrected chi connectivity index (χ0v) is 17.3. The van der Waals surface area contributed by atoms with Gasteiger partial charge in [-0.15, -0.1) is 0 Å². The third kappa shape index (κ3) is 7.77. The Kier molecular flexibility index (Phi) is 7.44. The maximum absolute atomic E-state index is 12.5. The molecule has 0 aliphatic heterocycles. The third-order valence-electron chi connectivity index (χ3n) is 3.69. The van der Waals surface area contributed by atoms with Crippen molar-refractivity contribution in [2.24, 2.45) is 0 Å². The second-order valence-electron chi connectivity index (χ2n) is 6.43. The highest BCUT2D eigenvalue weighted by molar-refractivity contribution is 7.92. The van der Waals surface area contributed by atoms with Crippen molar-refractivity contribution in [3.05, 3.63) is 47.7 Å². The summed E-state index contributed by atoms with van der Waals surface area (Å²) in [6.45, 7) is 1.48. The van der Waals surface area contributed by atoms with Crippen LogP contribution in [-0.4, -0.2) is 44.6 Å². The smallest absolute Gasteiger partial charge is 0.368 e. The van der Waals surface area contributed by atoms with E-state index in [0.717, 1.165) is 18.4 Å². The van der Waals surface area contributed by atoms with E-state index in [2.05, 4.69) is 25.7 Å². The summed E-state index contributed by atoms with van der Waals surface area (Å²) >= 11 is 0. The van der Waals surface area contributed by atoms with Gasteiger partial charge in [0, 0.05) is 31.9 Å². The summed E-state index contributed by atoms with van der Waals surface area (Å²) in [5.41, 5.74) is -0.587. The van der Waals surface area contributed by atoms with Gasteiger partial charge >= 0.3 is 6.18 Å². The monoisotopic (exact) mass is 459 g/mol. The number of hydrogen-bond donors (Lipinski definition) is 4. The molecule has 4 N–H and O–H groups in total. The van der Waals surface area contributed by atoms with Crippen molar-refractivity contribution in [1.82, 2.24) is 10.3 Å². The van der Waals surface area contributed by atoms with Crippen LogP contribution < -0.4 is 20.7 Å². The number of amides is 2. The van der Waals surface area contributed by atoms with Crippen LogP contribution >= 0.6 is 0 Å². The molecule has 1 heterocycles. The van der Waals surface area contributed by atoms with Gasteiger partial charge in [0.15, 0.2) is 0 Å². The molecule has 0 radical (unpaired) electrons. The molecule has 168 valence electrons. The number of nitrogens with zero attached hydrogens (tertiary/aromatic N) is 1. The van der Waals surface area contributed by atoms with E-state index in [1.165, 1.54) is 25.1 Å². The zero-order valence-electron chi connectivity index (χ0n) is 16.5. The summed E-state index contributed by atoms with van der Waals surface area (Å²) in [6.07, 6.45) is -2.86. The van der Waals surface area contributed by atoms with Crippen LogP contribution in [0.3, 0.4) is 0 Å². The molecule has 31 heavy (non-hydrogen) atoms. The first-order chi connectivity index (χ1) is 14.3. The predicted octanol–water partition coefficient (Wildman–Crippen LogP) is 2.27. The molecule has 1 aromatic heterocycles. The highest BCUT2D eigenvalue weighted by Gasteiger charge is 2.30. The van der Waals surface area contributed by atoms with Gasteiger partial charge in [-0.05, 0) is 30.3 Å². The molecule has 0 fully saturated rings. The van der Waals surface area contributed by atoms with Crippen molar-refractivity contribution in [2.45, 2.75) is 13.1 Å². The normalized spacial score (nSPS) is 11.5. The van der Waals surface area contributed by atoms with Crippen molar-refractivity contribution in [2.75, 3.05) is 34.7 Å². The maximum Gasteiger partial charge on any atom is 0.417 e. The largest absolute Gasteiger partial charge is 0.417 e. The molecular formula is C18H20F3N5O4S. The molecule has 0 bridgehead atoms. The molecule has 0 atom stereocenters. The molecule has 0 unspecified atom stereocenters. The molecule has 1 aromatic carbocycles. The van der Waals surface area contributed by atoms with E-state index in [9.17, 15) is 31.2 Å². The molecule has 2 aromatic rings. The maximum atomic E-state index is 12.5. The van der Waals surface area contributed by atoms with E-state index in [1.54, 1.807) is 0 Å². The minimum Gasteiger partial charge on any atom is -0.368 e. The number of pyridine rings is 1. The van der Waals surface area contributed by atoms with Gasteiger partial charge in [-0.2, -0.15) is 13.2 Å². The number of sulfonamides is 1. The Morgan fingerprint density at radius 2 is 1.81 bits per heavy atom. The van der Waals surface area contributed by atoms with Crippen LogP contribution in [-0.2, 0) is 21.0 Å². The van der Waals surface area contributed by atoms with Crippen molar-refractivity contribution < 1.29 is 31.2 Å². The van der Waals surface area contributed by atoms with Crippen LogP contribution in [0.1, 0.15) is 22.8 Å². The number of carbonyl (C=O) groups is 2. The number of nitrogens with one attached hydrogen (secondary N) is 4. The van der Waals surface area contributed by atoms with Gasteiger partial charge in [-0.1, -0.05) is 0 Å². The first kappa shape index (κ1) is 23.9. The Morgan fingerprint density at radius 1 is 1.10 bits per heavy atom. The second kappa shape index (κ2) is 9.64. The first-order valence-corrected chi connectivity index (χ1v) is 10.7. The van der Waals surface area contributed by atoms with Crippen LogP contribution in [0.15, 0.2) is 36.5 Å². The second-order valence-corrected chi connectivity index (χ2v) is 8.18. The minimum absolute atomic E-state index is 0.0199. The lowest BCUT2D eigenvalue weighted by Gasteiger charge is -2.14. The highest BCUT2D eigenvalue weighted by Crippen LogP contribution is 2.28. The van der Waals surface area contributed by atoms with Crippen molar-refractivity contribution >= 4 is 39.0 Å². The summed E-state index contributed by atoms with van der Waals surface area (Å²) in [6, 6.07) is 6.13. The van der Waals surface area contributed by atoms with E-state index in [1.807, 2.05) is 0 Å². The summed E-state index contributed by atoms with van der Waals surface area (Å²) in [7, 11) is -3.66. The summed E-state index contributed by atoms with van der Waals surface area (Å²) in [5, 5.41) is 7.81. The molecule has 2 amide bonds. The Hall–Kier alpha value is -3.35. The van der Waals surface area contributed by atoms with Gasteiger partial charge in [0.05, 0.1) is 23.1 Å². The Labute approximate surface area is 176 Å². The molecular weight excluding hydrogens is 439 g/mol. The number of benzene rings is 1. The number of anilines is 3. The molecule has 0 aliphatic carbocycles. The van der Waals surface area contributed by atoms with Crippen molar-refractivity contribution in [3.63, 3.8) is 0 Å². The number of aromatic nitrogens is 1. The number of rotatable bonds is 8. The lowest BCUT2D eigenvalue weighted by molar-refractivity contribution is -0.137. The number of alkyl halides is 3. The van der Waals surface area contributed by atoms with Crippen molar-refractivity contribution in [3.8, 4) is 0 Å². The topological polar surface area (TPSA) is 129 Å². The number of hydrogen-bond acceptors (Lipinski definition) is 6. The Morgan fingerprint density at radius 3 is 2.35 bits per heavy atom. The van der Waals surface area contributed by atoms with Gasteiger partial charge in [0.25, 0.3) is 5.91 Å². The molecule has 0 saturated carbocycles. The van der Waals surface area contributed by atoms with Gasteiger partial charge in [0.1, 0.15) is 5.82 Å². The summed E-state index contributed by atoms with van der Waals surface area (Å²) in [4.78, 5) is 27.4. The van der Waals surface area contributed by atoms with Crippen LogP contribution in [0.4, 0.5) is 30.4 Å². The summed E-state index contributed by atoms with van der Waals surface area (Å²) < 4.78 is 62.9.